The predicted molar refractivity (Wildman–Crippen MR) is 98.6 cm³/mol. The van der Waals surface area contributed by atoms with Crippen LogP contribution in [-0.2, 0) is 15.6 Å². The van der Waals surface area contributed by atoms with E-state index in [2.05, 4.69) is 4.98 Å². The lowest BCUT2D eigenvalue weighted by molar-refractivity contribution is 0.459. The van der Waals surface area contributed by atoms with Gasteiger partial charge in [-0.15, -0.1) is 0 Å². The van der Waals surface area contributed by atoms with E-state index in [1.54, 1.807) is 24.4 Å². The minimum atomic E-state index is -4.09. The molecule has 1 heterocycles. The molecule has 3 aromatic rings. The standard InChI is InChI=1S/C18H12Cl2FNO3S/c19-13-8-14(20)18(23)17(9-13)26(24,25)10-12-7-11(4-5-15(12)21)16-3-1-2-6-22-16/h1-9,23H,10H2. The van der Waals surface area contributed by atoms with E-state index in [1.807, 2.05) is 0 Å². The van der Waals surface area contributed by atoms with Crippen LogP contribution >= 0.6 is 23.2 Å². The Labute approximate surface area is 159 Å². The molecule has 2 aromatic carbocycles. The highest BCUT2D eigenvalue weighted by Gasteiger charge is 2.24. The van der Waals surface area contributed by atoms with Gasteiger partial charge in [0.05, 0.1) is 16.5 Å². The first-order valence-electron chi connectivity index (χ1n) is 7.38. The Hall–Kier alpha value is -2.15. The Morgan fingerprint density at radius 2 is 1.85 bits per heavy atom. The van der Waals surface area contributed by atoms with E-state index < -0.39 is 32.1 Å². The average Bonchev–Trinajstić information content (AvgIpc) is 2.60. The van der Waals surface area contributed by atoms with Crippen LogP contribution in [0.25, 0.3) is 11.3 Å². The fourth-order valence-corrected chi connectivity index (χ4v) is 4.55. The Kier molecular flexibility index (Phi) is 5.18. The third-order valence-electron chi connectivity index (χ3n) is 3.68. The summed E-state index contributed by atoms with van der Waals surface area (Å²) in [7, 11) is -4.09. The van der Waals surface area contributed by atoms with Crippen molar-refractivity contribution in [2.45, 2.75) is 10.6 Å². The van der Waals surface area contributed by atoms with Gasteiger partial charge in [0, 0.05) is 22.3 Å². The number of hydrogen-bond donors (Lipinski definition) is 1. The van der Waals surface area contributed by atoms with Gasteiger partial charge in [-0.2, -0.15) is 0 Å². The Morgan fingerprint density at radius 3 is 2.54 bits per heavy atom. The van der Waals surface area contributed by atoms with Crippen molar-refractivity contribution in [3.63, 3.8) is 0 Å². The normalized spacial score (nSPS) is 11.5. The van der Waals surface area contributed by atoms with Gasteiger partial charge in [-0.05, 0) is 42.5 Å². The van der Waals surface area contributed by atoms with Gasteiger partial charge in [-0.25, -0.2) is 12.8 Å². The molecule has 0 atom stereocenters. The number of sulfone groups is 1. The van der Waals surface area contributed by atoms with Crippen LogP contribution in [0.4, 0.5) is 4.39 Å². The topological polar surface area (TPSA) is 67.3 Å². The highest BCUT2D eigenvalue weighted by molar-refractivity contribution is 7.90. The summed E-state index contributed by atoms with van der Waals surface area (Å²) in [6.45, 7) is 0. The summed E-state index contributed by atoms with van der Waals surface area (Å²) < 4.78 is 39.5. The molecule has 4 nitrogen and oxygen atoms in total. The Balaban J connectivity index is 2.03. The maximum atomic E-state index is 14.2. The van der Waals surface area contributed by atoms with Crippen molar-refractivity contribution in [2.24, 2.45) is 0 Å². The van der Waals surface area contributed by atoms with Crippen LogP contribution in [0.15, 0.2) is 59.6 Å². The Morgan fingerprint density at radius 1 is 1.08 bits per heavy atom. The molecule has 0 aliphatic carbocycles. The predicted octanol–water partition coefficient (Wildman–Crippen LogP) is 4.87. The van der Waals surface area contributed by atoms with Crippen LogP contribution in [0.1, 0.15) is 5.56 Å². The summed E-state index contributed by atoms with van der Waals surface area (Å²) >= 11 is 11.6. The van der Waals surface area contributed by atoms with Crippen molar-refractivity contribution in [1.29, 1.82) is 0 Å². The number of aromatic nitrogens is 1. The lowest BCUT2D eigenvalue weighted by atomic mass is 10.1. The molecule has 8 heteroatoms. The summed E-state index contributed by atoms with van der Waals surface area (Å²) in [5.41, 5.74) is 1.11. The number of phenols is 1. The summed E-state index contributed by atoms with van der Waals surface area (Å²) in [5.74, 6) is -1.96. The van der Waals surface area contributed by atoms with Crippen molar-refractivity contribution < 1.29 is 17.9 Å². The van der Waals surface area contributed by atoms with E-state index in [-0.39, 0.29) is 15.6 Å². The van der Waals surface area contributed by atoms with Gasteiger partial charge in [-0.3, -0.25) is 4.98 Å². The first-order valence-corrected chi connectivity index (χ1v) is 9.79. The number of aromatic hydroxyl groups is 1. The van der Waals surface area contributed by atoms with Crippen LogP contribution in [0.2, 0.25) is 10.0 Å². The molecule has 0 unspecified atom stereocenters. The third kappa shape index (κ3) is 3.82. The number of nitrogens with zero attached hydrogens (tertiary/aromatic N) is 1. The summed E-state index contributed by atoms with van der Waals surface area (Å²) in [6, 6.07) is 11.7. The first-order chi connectivity index (χ1) is 12.3. The average molecular weight is 412 g/mol. The van der Waals surface area contributed by atoms with Gasteiger partial charge in [-0.1, -0.05) is 29.3 Å². The van der Waals surface area contributed by atoms with Gasteiger partial charge < -0.3 is 5.11 Å². The minimum absolute atomic E-state index is 0.0501. The summed E-state index contributed by atoms with van der Waals surface area (Å²) in [6.07, 6.45) is 1.58. The van der Waals surface area contributed by atoms with E-state index >= 15 is 0 Å². The van der Waals surface area contributed by atoms with Gasteiger partial charge in [0.1, 0.15) is 10.7 Å². The summed E-state index contributed by atoms with van der Waals surface area (Å²) in [5, 5.41) is 9.82. The van der Waals surface area contributed by atoms with E-state index in [0.717, 1.165) is 6.07 Å². The van der Waals surface area contributed by atoms with Crippen LogP contribution in [0, 0.1) is 5.82 Å². The molecule has 0 radical (unpaired) electrons. The van der Waals surface area contributed by atoms with Gasteiger partial charge in [0.15, 0.2) is 15.6 Å². The molecule has 0 aliphatic rings. The number of hydrogen-bond acceptors (Lipinski definition) is 4. The number of pyridine rings is 1. The zero-order valence-electron chi connectivity index (χ0n) is 13.2. The van der Waals surface area contributed by atoms with Crippen LogP contribution < -0.4 is 0 Å². The molecule has 1 aromatic heterocycles. The highest BCUT2D eigenvalue weighted by atomic mass is 35.5. The maximum Gasteiger partial charge on any atom is 0.186 e. The molecule has 26 heavy (non-hydrogen) atoms. The van der Waals surface area contributed by atoms with Gasteiger partial charge >= 0.3 is 0 Å². The number of benzene rings is 2. The van der Waals surface area contributed by atoms with E-state index in [0.29, 0.717) is 11.3 Å². The van der Waals surface area contributed by atoms with Crippen LogP contribution in [0.3, 0.4) is 0 Å². The lowest BCUT2D eigenvalue weighted by Crippen LogP contribution is -2.07. The highest BCUT2D eigenvalue weighted by Crippen LogP contribution is 2.36. The van der Waals surface area contributed by atoms with Gasteiger partial charge in [0.25, 0.3) is 0 Å². The Bertz CT molecular complexity index is 1070. The molecule has 0 amide bonds. The fourth-order valence-electron chi connectivity index (χ4n) is 2.44. The molecular weight excluding hydrogens is 400 g/mol. The van der Waals surface area contributed by atoms with E-state index in [4.69, 9.17) is 23.2 Å². The molecule has 3 rings (SSSR count). The van der Waals surface area contributed by atoms with Crippen molar-refractivity contribution in [3.8, 4) is 17.0 Å². The van der Waals surface area contributed by atoms with Crippen molar-refractivity contribution in [1.82, 2.24) is 4.98 Å². The van der Waals surface area contributed by atoms with Crippen LogP contribution in [0.5, 0.6) is 5.75 Å². The maximum absolute atomic E-state index is 14.2. The fraction of sp³-hybridized carbons (Fsp3) is 0.0556. The smallest absolute Gasteiger partial charge is 0.186 e. The molecular formula is C18H12Cl2FNO3S. The van der Waals surface area contributed by atoms with Crippen molar-refractivity contribution in [2.75, 3.05) is 0 Å². The first kappa shape index (κ1) is 18.6. The molecule has 0 bridgehead atoms. The van der Waals surface area contributed by atoms with E-state index in [9.17, 15) is 17.9 Å². The number of phenolic OH excluding ortho intramolecular Hbond substituents is 1. The van der Waals surface area contributed by atoms with E-state index in [1.165, 1.54) is 24.3 Å². The summed E-state index contributed by atoms with van der Waals surface area (Å²) in [4.78, 5) is 3.72. The number of halogens is 3. The molecule has 1 N–H and O–H groups in total. The monoisotopic (exact) mass is 411 g/mol. The molecule has 134 valence electrons. The van der Waals surface area contributed by atoms with Gasteiger partial charge in [0.2, 0.25) is 0 Å². The SMILES string of the molecule is O=S(=O)(Cc1cc(-c2ccccn2)ccc1F)c1cc(Cl)cc(Cl)c1O. The number of rotatable bonds is 4. The third-order valence-corrected chi connectivity index (χ3v) is 5.86. The lowest BCUT2D eigenvalue weighted by Gasteiger charge is -2.10. The second kappa shape index (κ2) is 7.23. The molecule has 0 saturated carbocycles. The largest absolute Gasteiger partial charge is 0.505 e. The van der Waals surface area contributed by atoms with Crippen LogP contribution in [-0.4, -0.2) is 18.5 Å². The zero-order valence-corrected chi connectivity index (χ0v) is 15.5. The quantitative estimate of drug-likeness (QED) is 0.664. The second-order valence-electron chi connectivity index (χ2n) is 5.51. The molecule has 0 aliphatic heterocycles. The van der Waals surface area contributed by atoms with Crippen molar-refractivity contribution in [3.05, 3.63) is 76.2 Å². The second-order valence-corrected chi connectivity index (χ2v) is 8.32. The zero-order chi connectivity index (χ0) is 18.9. The molecule has 0 spiro atoms. The minimum Gasteiger partial charge on any atom is -0.505 e. The molecule has 0 saturated heterocycles. The molecule has 0 fully saturated rings. The van der Waals surface area contributed by atoms with Crippen molar-refractivity contribution >= 4 is 33.0 Å².